The van der Waals surface area contributed by atoms with Crippen LogP contribution in [0, 0.1) is 0 Å². The Balaban J connectivity index is 1.47. The number of nitrogens with zero attached hydrogens (tertiary/aromatic N) is 1. The fourth-order valence-electron chi connectivity index (χ4n) is 4.18. The van der Waals surface area contributed by atoms with Crippen LogP contribution in [0.25, 0.3) is 0 Å². The molecule has 6 heteroatoms. The molecule has 0 atom stereocenters. The van der Waals surface area contributed by atoms with Gasteiger partial charge >= 0.3 is 0 Å². The van der Waals surface area contributed by atoms with E-state index in [1.807, 2.05) is 18.2 Å². The molecule has 1 fully saturated rings. The Kier molecular flexibility index (Phi) is 5.69. The van der Waals surface area contributed by atoms with Gasteiger partial charge < -0.3 is 19.6 Å². The van der Waals surface area contributed by atoms with Gasteiger partial charge in [-0.1, -0.05) is 36.2 Å². The van der Waals surface area contributed by atoms with E-state index in [1.165, 1.54) is 12.7 Å². The summed E-state index contributed by atoms with van der Waals surface area (Å²) >= 11 is 0. The third-order valence-corrected chi connectivity index (χ3v) is 5.78. The Morgan fingerprint density at radius 3 is 2.55 bits per heavy atom. The molecular formula is C23H26N2O4. The number of hydrogen-bond donors (Lipinski definition) is 1. The molecule has 0 aromatic heterocycles. The maximum Gasteiger partial charge on any atom is 0.251 e. The van der Waals surface area contributed by atoms with Gasteiger partial charge in [0.25, 0.3) is 5.91 Å². The zero-order valence-electron chi connectivity index (χ0n) is 16.6. The molecule has 1 saturated carbocycles. The summed E-state index contributed by atoms with van der Waals surface area (Å²) in [4.78, 5) is 17.4. The van der Waals surface area contributed by atoms with Gasteiger partial charge in [0.2, 0.25) is 0 Å². The van der Waals surface area contributed by atoms with Crippen LogP contribution < -0.4 is 14.8 Å². The minimum Gasteiger partial charge on any atom is -0.486 e. The molecule has 2 aromatic rings. The lowest BCUT2D eigenvalue weighted by Gasteiger charge is -2.31. The van der Waals surface area contributed by atoms with Crippen molar-refractivity contribution in [3.8, 4) is 11.5 Å². The number of hydrogen-bond acceptors (Lipinski definition) is 5. The van der Waals surface area contributed by atoms with Gasteiger partial charge in [-0.05, 0) is 48.2 Å². The third-order valence-electron chi connectivity index (χ3n) is 5.78. The van der Waals surface area contributed by atoms with Crippen LogP contribution >= 0.6 is 0 Å². The number of rotatable bonds is 6. The molecule has 0 radical (unpaired) electrons. The number of ether oxygens (including phenoxy) is 2. The van der Waals surface area contributed by atoms with E-state index >= 15 is 0 Å². The molecule has 0 spiro atoms. The fraction of sp³-hybridized carbons (Fsp3) is 0.391. The maximum absolute atomic E-state index is 12.7. The summed E-state index contributed by atoms with van der Waals surface area (Å²) in [6, 6.07) is 13.5. The second-order valence-corrected chi connectivity index (χ2v) is 7.57. The molecule has 1 N–H and O–H groups in total. The molecule has 1 heterocycles. The van der Waals surface area contributed by atoms with Crippen molar-refractivity contribution in [3.63, 3.8) is 0 Å². The number of fused-ring (bicyclic) bond motifs is 1. The average Bonchev–Trinajstić information content (AvgIpc) is 3.26. The van der Waals surface area contributed by atoms with Gasteiger partial charge in [0.15, 0.2) is 11.5 Å². The van der Waals surface area contributed by atoms with Crippen molar-refractivity contribution in [2.45, 2.75) is 31.1 Å². The molecule has 6 nitrogen and oxygen atoms in total. The van der Waals surface area contributed by atoms with E-state index in [-0.39, 0.29) is 11.3 Å². The highest BCUT2D eigenvalue weighted by atomic mass is 16.6. The predicted octanol–water partition coefficient (Wildman–Crippen LogP) is 3.68. The summed E-state index contributed by atoms with van der Waals surface area (Å²) in [6.07, 6.45) is 6.05. The number of nitrogens with one attached hydrogen (secondary N) is 1. The molecule has 1 amide bonds. The van der Waals surface area contributed by atoms with Crippen molar-refractivity contribution in [1.29, 1.82) is 0 Å². The molecule has 1 aliphatic heterocycles. The molecule has 29 heavy (non-hydrogen) atoms. The van der Waals surface area contributed by atoms with Crippen molar-refractivity contribution in [3.05, 3.63) is 59.2 Å². The summed E-state index contributed by atoms with van der Waals surface area (Å²) < 4.78 is 11.4. The van der Waals surface area contributed by atoms with Crippen molar-refractivity contribution in [2.24, 2.45) is 5.16 Å². The summed E-state index contributed by atoms with van der Waals surface area (Å²) in [7, 11) is 1.50. The largest absolute Gasteiger partial charge is 0.486 e. The van der Waals surface area contributed by atoms with Crippen molar-refractivity contribution < 1.29 is 19.1 Å². The zero-order chi connectivity index (χ0) is 20.1. The second-order valence-electron chi connectivity index (χ2n) is 7.57. The number of carbonyl (C=O) groups excluding carboxylic acids is 1. The Labute approximate surface area is 170 Å². The Hall–Kier alpha value is -3.02. The Morgan fingerprint density at radius 1 is 1.10 bits per heavy atom. The molecule has 0 unspecified atom stereocenters. The minimum absolute atomic E-state index is 0.0590. The van der Waals surface area contributed by atoms with E-state index in [4.69, 9.17) is 9.47 Å². The van der Waals surface area contributed by atoms with Crippen molar-refractivity contribution in [1.82, 2.24) is 5.32 Å². The van der Waals surface area contributed by atoms with E-state index in [0.717, 1.165) is 42.7 Å². The second kappa shape index (κ2) is 8.55. The first-order valence-electron chi connectivity index (χ1n) is 10.1. The van der Waals surface area contributed by atoms with Gasteiger partial charge in [-0.25, -0.2) is 0 Å². The molecule has 1 aliphatic carbocycles. The van der Waals surface area contributed by atoms with E-state index in [0.29, 0.717) is 25.3 Å². The summed E-state index contributed by atoms with van der Waals surface area (Å²) in [6.45, 7) is 1.77. The molecule has 0 saturated heterocycles. The number of oxime groups is 1. The van der Waals surface area contributed by atoms with E-state index < -0.39 is 0 Å². The van der Waals surface area contributed by atoms with Crippen molar-refractivity contribution in [2.75, 3.05) is 26.9 Å². The van der Waals surface area contributed by atoms with Gasteiger partial charge in [-0.3, -0.25) is 4.79 Å². The first kappa shape index (κ1) is 19.3. The highest BCUT2D eigenvalue weighted by Gasteiger charge is 2.36. The van der Waals surface area contributed by atoms with Crippen molar-refractivity contribution >= 4 is 12.1 Å². The number of benzene rings is 2. The molecule has 0 bridgehead atoms. The normalized spacial score (nSPS) is 17.3. The van der Waals surface area contributed by atoms with Gasteiger partial charge in [-0.15, -0.1) is 0 Å². The van der Waals surface area contributed by atoms with Gasteiger partial charge in [-0.2, -0.15) is 0 Å². The topological polar surface area (TPSA) is 69.2 Å². The summed E-state index contributed by atoms with van der Waals surface area (Å²) in [5.41, 5.74) is 2.67. The lowest BCUT2D eigenvalue weighted by Crippen LogP contribution is -2.39. The highest BCUT2D eigenvalue weighted by Crippen LogP contribution is 2.43. The van der Waals surface area contributed by atoms with Crippen LogP contribution in [-0.2, 0) is 10.3 Å². The van der Waals surface area contributed by atoms with Crippen LogP contribution in [0.15, 0.2) is 47.6 Å². The highest BCUT2D eigenvalue weighted by molar-refractivity contribution is 5.95. The smallest absolute Gasteiger partial charge is 0.251 e. The van der Waals surface area contributed by atoms with Crippen LogP contribution in [0.3, 0.4) is 0 Å². The zero-order valence-corrected chi connectivity index (χ0v) is 16.6. The average molecular weight is 394 g/mol. The quantitative estimate of drug-likeness (QED) is 0.599. The van der Waals surface area contributed by atoms with Crippen LogP contribution in [0.2, 0.25) is 0 Å². The first-order chi connectivity index (χ1) is 14.2. The van der Waals surface area contributed by atoms with E-state index in [9.17, 15) is 4.79 Å². The summed E-state index contributed by atoms with van der Waals surface area (Å²) in [5.74, 6) is 1.54. The van der Waals surface area contributed by atoms with Crippen LogP contribution in [-0.4, -0.2) is 39.0 Å². The molecule has 4 rings (SSSR count). The lowest BCUT2D eigenvalue weighted by atomic mass is 9.78. The Bertz CT molecular complexity index is 886. The van der Waals surface area contributed by atoms with Gasteiger partial charge in [0, 0.05) is 17.5 Å². The molecule has 2 aromatic carbocycles. The van der Waals surface area contributed by atoms with Gasteiger partial charge in [0.1, 0.15) is 20.3 Å². The monoisotopic (exact) mass is 394 g/mol. The van der Waals surface area contributed by atoms with Crippen LogP contribution in [0.4, 0.5) is 0 Å². The van der Waals surface area contributed by atoms with Crippen LogP contribution in [0.1, 0.15) is 47.2 Å². The summed E-state index contributed by atoms with van der Waals surface area (Å²) in [5, 5.41) is 6.89. The van der Waals surface area contributed by atoms with E-state index in [1.54, 1.807) is 18.3 Å². The SMILES string of the molecule is CO/N=C/c1ccc(C(=O)NCC2(c3ccc4c(c3)OCCO4)CCCC2)cc1. The first-order valence-corrected chi connectivity index (χ1v) is 10.1. The molecule has 152 valence electrons. The van der Waals surface area contributed by atoms with Crippen LogP contribution in [0.5, 0.6) is 11.5 Å². The third kappa shape index (κ3) is 4.21. The molecular weight excluding hydrogens is 368 g/mol. The number of carbonyl (C=O) groups is 1. The predicted molar refractivity (Wildman–Crippen MR) is 111 cm³/mol. The lowest BCUT2D eigenvalue weighted by molar-refractivity contribution is 0.0943. The Morgan fingerprint density at radius 2 is 1.83 bits per heavy atom. The fourth-order valence-corrected chi connectivity index (χ4v) is 4.18. The number of amides is 1. The standard InChI is InChI=1S/C23H26N2O4/c1-27-25-15-17-4-6-18(7-5-17)22(26)24-16-23(10-2-3-11-23)19-8-9-20-21(14-19)29-13-12-28-20/h4-9,14-15H,2-3,10-13,16H2,1H3,(H,24,26)/b25-15+. The van der Waals surface area contributed by atoms with E-state index in [2.05, 4.69) is 27.4 Å². The van der Waals surface area contributed by atoms with Gasteiger partial charge in [0.05, 0.1) is 6.21 Å². The maximum atomic E-state index is 12.7. The molecule has 2 aliphatic rings. The minimum atomic E-state index is -0.0657.